The van der Waals surface area contributed by atoms with E-state index in [0.717, 1.165) is 21.8 Å². The lowest BCUT2D eigenvalue weighted by Gasteiger charge is -2.26. The number of hydrogen-bond donors (Lipinski definition) is 9. The summed E-state index contributed by atoms with van der Waals surface area (Å²) in [5.74, 6) is -3.52. The van der Waals surface area contributed by atoms with Gasteiger partial charge in [-0.15, -0.1) is 0 Å². The monoisotopic (exact) mass is 594 g/mol. The second-order valence-electron chi connectivity index (χ2n) is 10.1. The Morgan fingerprint density at radius 2 is 1.31 bits per heavy atom. The maximum absolute atomic E-state index is 13.6. The zero-order valence-electron chi connectivity index (χ0n) is 22.8. The smallest absolute Gasteiger partial charge is 0.326 e. The van der Waals surface area contributed by atoms with E-state index in [1.165, 1.54) is 6.92 Å². The van der Waals surface area contributed by atoms with Gasteiger partial charge in [-0.2, -0.15) is 12.6 Å². The van der Waals surface area contributed by atoms with Gasteiger partial charge in [0.25, 0.3) is 0 Å². The minimum Gasteiger partial charge on any atom is -0.480 e. The molecule has 5 unspecified atom stereocenters. The fourth-order valence-electron chi connectivity index (χ4n) is 4.73. The van der Waals surface area contributed by atoms with Crippen molar-refractivity contribution in [1.82, 2.24) is 25.9 Å². The molecule has 222 valence electrons. The zero-order chi connectivity index (χ0) is 30.4. The highest BCUT2D eigenvalue weighted by Gasteiger charge is 2.33. The normalized spacial score (nSPS) is 15.0. The molecule has 13 heteroatoms. The Hall–Kier alpha value is -4.33. The van der Waals surface area contributed by atoms with Crippen molar-refractivity contribution in [2.75, 3.05) is 5.75 Å². The van der Waals surface area contributed by atoms with Crippen molar-refractivity contribution in [3.8, 4) is 0 Å². The molecule has 42 heavy (non-hydrogen) atoms. The van der Waals surface area contributed by atoms with Crippen LogP contribution in [0.3, 0.4) is 0 Å². The molecule has 4 aromatic rings. The van der Waals surface area contributed by atoms with Gasteiger partial charge in [0, 0.05) is 52.8 Å². The van der Waals surface area contributed by atoms with E-state index in [-0.39, 0.29) is 18.6 Å². The maximum Gasteiger partial charge on any atom is 0.326 e. The Morgan fingerprint density at radius 3 is 1.81 bits per heavy atom. The number of rotatable bonds is 13. The first-order valence-corrected chi connectivity index (χ1v) is 14.0. The standard InChI is InChI=1S/C29H34N6O6S/c1-15(36)25(35-26(37)20(30)14-42)28(39)33-23(10-16-12-31-21-8-4-2-6-18(16)21)27(38)34-24(29(40)41)11-17-13-32-22-9-5-3-7-19(17)22/h2-9,12-13,15,20,23-25,31-32,36,42H,10-11,14,30H2,1H3,(H,33,39)(H,34,38)(H,35,37)(H,40,41). The van der Waals surface area contributed by atoms with Gasteiger partial charge in [0.2, 0.25) is 17.7 Å². The van der Waals surface area contributed by atoms with E-state index in [4.69, 9.17) is 5.73 Å². The third-order valence-corrected chi connectivity index (χ3v) is 7.43. The van der Waals surface area contributed by atoms with Crippen LogP contribution in [0.25, 0.3) is 21.8 Å². The lowest BCUT2D eigenvalue weighted by molar-refractivity contribution is -0.142. The molecule has 0 spiro atoms. The van der Waals surface area contributed by atoms with Crippen molar-refractivity contribution in [3.63, 3.8) is 0 Å². The van der Waals surface area contributed by atoms with Gasteiger partial charge >= 0.3 is 5.97 Å². The first-order valence-electron chi connectivity index (χ1n) is 13.4. The number of aromatic nitrogens is 2. The number of aliphatic hydroxyl groups excluding tert-OH is 1. The second-order valence-corrected chi connectivity index (χ2v) is 10.5. The average molecular weight is 595 g/mol. The minimum atomic E-state index is -1.43. The molecule has 9 N–H and O–H groups in total. The number of thiol groups is 1. The van der Waals surface area contributed by atoms with Crippen LogP contribution < -0.4 is 21.7 Å². The lowest BCUT2D eigenvalue weighted by atomic mass is 10.0. The zero-order valence-corrected chi connectivity index (χ0v) is 23.7. The van der Waals surface area contributed by atoms with Crippen LogP contribution in [0, 0.1) is 0 Å². The number of nitrogens with two attached hydrogens (primary N) is 1. The fraction of sp³-hybridized carbons (Fsp3) is 0.310. The number of aliphatic carboxylic acids is 1. The van der Waals surface area contributed by atoms with Crippen molar-refractivity contribution >= 4 is 58.1 Å². The van der Waals surface area contributed by atoms with E-state index in [1.54, 1.807) is 12.4 Å². The summed E-state index contributed by atoms with van der Waals surface area (Å²) in [5.41, 5.74) is 8.75. The Morgan fingerprint density at radius 1 is 0.810 bits per heavy atom. The minimum absolute atomic E-state index is 0.00234. The molecule has 0 bridgehead atoms. The molecule has 4 rings (SSSR count). The summed E-state index contributed by atoms with van der Waals surface area (Å²) >= 11 is 3.99. The lowest BCUT2D eigenvalue weighted by Crippen LogP contribution is -2.60. The summed E-state index contributed by atoms with van der Waals surface area (Å²) in [5, 5.41) is 29.4. The SMILES string of the molecule is CC(O)C(NC(=O)C(N)CS)C(=O)NC(Cc1c[nH]c2ccccc12)C(=O)NC(Cc1c[nH]c2ccccc12)C(=O)O. The number of nitrogens with one attached hydrogen (secondary N) is 5. The molecule has 0 saturated carbocycles. The molecule has 0 fully saturated rings. The van der Waals surface area contributed by atoms with E-state index in [1.807, 2.05) is 48.5 Å². The third kappa shape index (κ3) is 7.11. The Labute approximate surface area is 246 Å². The predicted octanol–water partition coefficient (Wildman–Crippen LogP) is 0.611. The number of benzene rings is 2. The van der Waals surface area contributed by atoms with Crippen LogP contribution in [-0.2, 0) is 32.0 Å². The number of carbonyl (C=O) groups is 4. The van der Waals surface area contributed by atoms with Crippen LogP contribution in [0.15, 0.2) is 60.9 Å². The second kappa shape index (κ2) is 13.6. The van der Waals surface area contributed by atoms with Crippen molar-refractivity contribution in [2.24, 2.45) is 5.73 Å². The molecule has 2 heterocycles. The van der Waals surface area contributed by atoms with Crippen molar-refractivity contribution in [2.45, 2.75) is 50.0 Å². The van der Waals surface area contributed by atoms with E-state index >= 15 is 0 Å². The molecular formula is C29H34N6O6S. The van der Waals surface area contributed by atoms with Gasteiger partial charge in [-0.05, 0) is 30.2 Å². The quantitative estimate of drug-likeness (QED) is 0.101. The molecule has 0 aliphatic heterocycles. The summed E-state index contributed by atoms with van der Waals surface area (Å²) in [6.07, 6.45) is 2.07. The number of carboxylic acid groups (broad SMARTS) is 1. The van der Waals surface area contributed by atoms with Gasteiger partial charge in [0.05, 0.1) is 12.1 Å². The molecule has 12 nitrogen and oxygen atoms in total. The van der Waals surface area contributed by atoms with E-state index in [2.05, 4.69) is 38.5 Å². The van der Waals surface area contributed by atoms with Gasteiger partial charge in [-0.25, -0.2) is 4.79 Å². The molecular weight excluding hydrogens is 560 g/mol. The number of fused-ring (bicyclic) bond motifs is 2. The van der Waals surface area contributed by atoms with Gasteiger partial charge in [0.1, 0.15) is 18.1 Å². The highest BCUT2D eigenvalue weighted by Crippen LogP contribution is 2.21. The number of H-pyrrole nitrogens is 2. The molecule has 0 radical (unpaired) electrons. The van der Waals surface area contributed by atoms with Crippen LogP contribution >= 0.6 is 12.6 Å². The summed E-state index contributed by atoms with van der Waals surface area (Å²) in [6.45, 7) is 1.31. The maximum atomic E-state index is 13.6. The number of carboxylic acids is 1. The Kier molecular flexibility index (Phi) is 9.88. The van der Waals surface area contributed by atoms with Crippen molar-refractivity contribution < 1.29 is 29.4 Å². The first kappa shape index (κ1) is 30.6. The fourth-order valence-corrected chi connectivity index (χ4v) is 4.90. The van der Waals surface area contributed by atoms with Crippen LogP contribution in [0.4, 0.5) is 0 Å². The molecule has 3 amide bonds. The highest BCUT2D eigenvalue weighted by molar-refractivity contribution is 7.80. The van der Waals surface area contributed by atoms with Crippen LogP contribution in [0.2, 0.25) is 0 Å². The summed E-state index contributed by atoms with van der Waals surface area (Å²) in [6, 6.07) is 9.79. The first-order chi connectivity index (χ1) is 20.1. The van der Waals surface area contributed by atoms with E-state index in [9.17, 15) is 29.4 Å². The van der Waals surface area contributed by atoms with E-state index in [0.29, 0.717) is 11.1 Å². The largest absolute Gasteiger partial charge is 0.480 e. The van der Waals surface area contributed by atoms with Crippen molar-refractivity contribution in [1.29, 1.82) is 0 Å². The molecule has 0 aliphatic rings. The molecule has 2 aromatic carbocycles. The topological polar surface area (TPSA) is 202 Å². The Bertz CT molecular complexity index is 1580. The number of amides is 3. The van der Waals surface area contributed by atoms with Gasteiger partial charge < -0.3 is 41.9 Å². The average Bonchev–Trinajstić information content (AvgIpc) is 3.58. The molecule has 0 aliphatic carbocycles. The predicted molar refractivity (Wildman–Crippen MR) is 161 cm³/mol. The Balaban J connectivity index is 1.59. The molecule has 2 aromatic heterocycles. The van der Waals surface area contributed by atoms with Crippen LogP contribution in [0.1, 0.15) is 18.1 Å². The van der Waals surface area contributed by atoms with E-state index < -0.39 is 54.0 Å². The summed E-state index contributed by atoms with van der Waals surface area (Å²) in [4.78, 5) is 57.7. The van der Waals surface area contributed by atoms with Crippen LogP contribution in [0.5, 0.6) is 0 Å². The van der Waals surface area contributed by atoms with Gasteiger partial charge in [-0.1, -0.05) is 36.4 Å². The number of carbonyl (C=O) groups excluding carboxylic acids is 3. The number of para-hydroxylation sites is 2. The highest BCUT2D eigenvalue weighted by atomic mass is 32.1. The summed E-state index contributed by atoms with van der Waals surface area (Å²) < 4.78 is 0. The van der Waals surface area contributed by atoms with Gasteiger partial charge in [0.15, 0.2) is 0 Å². The number of aliphatic hydroxyl groups is 1. The third-order valence-electron chi connectivity index (χ3n) is 7.04. The van der Waals surface area contributed by atoms with Gasteiger partial charge in [-0.3, -0.25) is 14.4 Å². The summed E-state index contributed by atoms with van der Waals surface area (Å²) in [7, 11) is 0. The number of aromatic amines is 2. The van der Waals surface area contributed by atoms with Crippen LogP contribution in [-0.4, -0.2) is 79.9 Å². The number of hydrogen-bond acceptors (Lipinski definition) is 7. The van der Waals surface area contributed by atoms with Crippen molar-refractivity contribution in [3.05, 3.63) is 72.1 Å². The molecule has 0 saturated heterocycles. The molecule has 5 atom stereocenters.